The molecule has 1 aliphatic heterocycles. The van der Waals surface area contributed by atoms with Crippen LogP contribution in [0, 0.1) is 5.41 Å². The number of nitrogen functional groups attached to an aromatic ring is 1. The number of carboxylic acids is 1. The number of amides is 2. The number of carbonyl (C=O) groups excluding carboxylic acids is 2. The van der Waals surface area contributed by atoms with Gasteiger partial charge in [0.2, 0.25) is 0 Å². The fourth-order valence-corrected chi connectivity index (χ4v) is 6.40. The van der Waals surface area contributed by atoms with Gasteiger partial charge in [-0.15, -0.1) is 0 Å². The lowest BCUT2D eigenvalue weighted by atomic mass is 9.89. The first-order valence-corrected chi connectivity index (χ1v) is 16.8. The number of fused-ring (bicyclic) bond motifs is 2. The fraction of sp³-hybridized carbons (Fsp3) is 0.0833. The van der Waals surface area contributed by atoms with Crippen LogP contribution >= 0.6 is 7.82 Å². The van der Waals surface area contributed by atoms with Crippen molar-refractivity contribution >= 4 is 62.5 Å². The molecule has 0 saturated carbocycles. The number of aromatic carboxylic acids is 1. The van der Waals surface area contributed by atoms with Crippen LogP contribution in [-0.2, 0) is 34.1 Å². The van der Waals surface area contributed by atoms with E-state index >= 15 is 0 Å². The molecule has 250 valence electrons. The van der Waals surface area contributed by atoms with Crippen LogP contribution in [0.5, 0.6) is 0 Å². The molecule has 23 heteroatoms. The number of carboxylic acid groups (broad SMARTS) is 1. The third-order valence-electron chi connectivity index (χ3n) is 6.47. The zero-order chi connectivity index (χ0) is 35.2. The predicted octanol–water partition coefficient (Wildman–Crippen LogP) is -0.345. The maximum atomic E-state index is 13.0. The molecular formula is C24H22N5O15PS2. The normalized spacial score (nSPS) is 13.0. The second-order valence-electron chi connectivity index (χ2n) is 9.49. The van der Waals surface area contributed by atoms with Crippen LogP contribution in [-0.4, -0.2) is 71.3 Å². The number of anilines is 1. The number of rotatable bonds is 10. The Hall–Kier alpha value is -4.77. The average molecular weight is 716 g/mol. The van der Waals surface area contributed by atoms with E-state index in [2.05, 4.69) is 9.84 Å². The molecule has 2 aromatic rings. The minimum Gasteiger partial charge on any atom is -0.478 e. The zero-order valence-electron chi connectivity index (χ0n) is 23.1. The molecule has 2 aromatic carbocycles. The Kier molecular flexibility index (Phi) is 9.29. The monoisotopic (exact) mass is 715 g/mol. The fourth-order valence-electron chi connectivity index (χ4n) is 4.57. The highest BCUT2D eigenvalue weighted by Gasteiger charge is 2.32. The predicted molar refractivity (Wildman–Crippen MR) is 157 cm³/mol. The molecule has 0 bridgehead atoms. The van der Waals surface area contributed by atoms with Crippen LogP contribution in [0.15, 0.2) is 56.7 Å². The van der Waals surface area contributed by atoms with Gasteiger partial charge in [-0.2, -0.15) is 16.8 Å². The van der Waals surface area contributed by atoms with E-state index in [-0.39, 0.29) is 22.1 Å². The van der Waals surface area contributed by atoms with Gasteiger partial charge in [0.25, 0.3) is 32.1 Å². The molecule has 4 rings (SSSR count). The van der Waals surface area contributed by atoms with Crippen LogP contribution < -0.4 is 27.7 Å². The highest BCUT2D eigenvalue weighted by atomic mass is 32.2. The summed E-state index contributed by atoms with van der Waals surface area (Å²) >= 11 is 0. The Morgan fingerprint density at radius 3 is 2.15 bits per heavy atom. The third kappa shape index (κ3) is 7.15. The zero-order valence-corrected chi connectivity index (χ0v) is 25.6. The largest absolute Gasteiger partial charge is 0.478 e. The van der Waals surface area contributed by atoms with Crippen LogP contribution in [0.1, 0.15) is 20.7 Å². The van der Waals surface area contributed by atoms with Gasteiger partial charge in [0, 0.05) is 22.1 Å². The Balaban J connectivity index is 2.03. The van der Waals surface area contributed by atoms with Crippen molar-refractivity contribution in [3.63, 3.8) is 0 Å². The smallest absolute Gasteiger partial charge is 0.469 e. The van der Waals surface area contributed by atoms with Crippen molar-refractivity contribution < 1.29 is 68.7 Å². The molecule has 2 amide bonds. The van der Waals surface area contributed by atoms with E-state index in [1.165, 1.54) is 0 Å². The van der Waals surface area contributed by atoms with Crippen LogP contribution in [0.2, 0.25) is 0 Å². The molecule has 12 N–H and O–H groups in total. The van der Waals surface area contributed by atoms with Crippen molar-refractivity contribution in [2.75, 3.05) is 12.3 Å². The van der Waals surface area contributed by atoms with E-state index in [0.717, 1.165) is 42.5 Å². The Labute approximate surface area is 262 Å². The van der Waals surface area contributed by atoms with Gasteiger partial charge in [-0.25, -0.2) is 15.2 Å². The van der Waals surface area contributed by atoms with E-state index in [4.69, 9.17) is 31.2 Å². The summed E-state index contributed by atoms with van der Waals surface area (Å²) in [4.78, 5) is 53.3. The quantitative estimate of drug-likeness (QED) is 0.0191. The Bertz CT molecular complexity index is 2280. The van der Waals surface area contributed by atoms with E-state index in [1.54, 1.807) is 5.43 Å². The average Bonchev–Trinajstić information content (AvgIpc) is 2.95. The lowest BCUT2D eigenvalue weighted by molar-refractivity contribution is -0.123. The van der Waals surface area contributed by atoms with Gasteiger partial charge in [0.05, 0.1) is 23.2 Å². The van der Waals surface area contributed by atoms with Crippen LogP contribution in [0.4, 0.5) is 5.69 Å². The number of phosphoric acid groups is 1. The molecule has 2 aliphatic rings. The van der Waals surface area contributed by atoms with Crippen molar-refractivity contribution in [1.29, 1.82) is 5.41 Å². The third-order valence-corrected chi connectivity index (χ3v) is 8.81. The molecule has 0 fully saturated rings. The molecule has 20 nitrogen and oxygen atoms in total. The van der Waals surface area contributed by atoms with E-state index < -0.39 is 102 Å². The summed E-state index contributed by atoms with van der Waals surface area (Å²) in [7, 11) is -15.6. The maximum absolute atomic E-state index is 13.0. The maximum Gasteiger partial charge on any atom is 0.469 e. The number of benzene rings is 3. The lowest BCUT2D eigenvalue weighted by Gasteiger charge is -2.20. The standard InChI is InChI=1S/C24H22N5O15PS2/c25-14-5-3-11-17(12-4-6-15(26)21(47(40,41)42)19(12)44-18(11)20(14)46(37,38)39)10-2-1-9(7-13(10)24(32)33)22(30)28-16(23(31)29-27)8-43-45(34,35)36/h1-7,16,25H,8,26-27H2,(H,28,30)(H,29,31)(H,32,33)(H2,34,35,36)(H,37,38,39)(H,40,41,42). The molecular weight excluding hydrogens is 693 g/mol. The molecule has 0 aromatic heterocycles. The van der Waals surface area contributed by atoms with Gasteiger partial charge in [-0.05, 0) is 42.0 Å². The van der Waals surface area contributed by atoms with Gasteiger partial charge in [-0.3, -0.25) is 34.1 Å². The minimum atomic E-state index is -5.26. The summed E-state index contributed by atoms with van der Waals surface area (Å²) in [5.74, 6) is 0.219. The Morgan fingerprint density at radius 1 is 0.979 bits per heavy atom. The number of nitrogens with one attached hydrogen (secondary N) is 3. The van der Waals surface area contributed by atoms with E-state index in [9.17, 15) is 50.0 Å². The molecule has 0 radical (unpaired) electrons. The van der Waals surface area contributed by atoms with Crippen LogP contribution in [0.25, 0.3) is 33.4 Å². The van der Waals surface area contributed by atoms with E-state index in [0.29, 0.717) is 0 Å². The van der Waals surface area contributed by atoms with Gasteiger partial charge in [0.15, 0.2) is 21.1 Å². The summed E-state index contributed by atoms with van der Waals surface area (Å²) in [5, 5.41) is 19.2. The number of hydrazine groups is 1. The Morgan fingerprint density at radius 2 is 1.60 bits per heavy atom. The number of phosphoric ester groups is 1. The van der Waals surface area contributed by atoms with Gasteiger partial charge in [-0.1, -0.05) is 6.07 Å². The van der Waals surface area contributed by atoms with Gasteiger partial charge < -0.3 is 30.4 Å². The van der Waals surface area contributed by atoms with Crippen LogP contribution in [0.3, 0.4) is 0 Å². The summed E-state index contributed by atoms with van der Waals surface area (Å²) in [5.41, 5.74) is 4.08. The minimum absolute atomic E-state index is 0.257. The molecule has 1 atom stereocenters. The summed E-state index contributed by atoms with van der Waals surface area (Å²) in [6.07, 6.45) is 0. The lowest BCUT2D eigenvalue weighted by Crippen LogP contribution is -2.51. The number of hydrogen-bond donors (Lipinski definition) is 10. The summed E-state index contributed by atoms with van der Waals surface area (Å²) in [6.45, 7) is -1.05. The molecule has 1 aliphatic carbocycles. The number of carbonyl (C=O) groups is 3. The number of hydrogen-bond acceptors (Lipinski definition) is 13. The van der Waals surface area contributed by atoms with Crippen molar-refractivity contribution in [3.05, 3.63) is 58.9 Å². The second kappa shape index (κ2) is 12.4. The van der Waals surface area contributed by atoms with Crippen molar-refractivity contribution in [2.24, 2.45) is 5.84 Å². The SMILES string of the molecule is N=c1ccc2c(-c3ccc(C(=O)NC(COP(=O)(O)O)C(=O)NN)cc3C(=O)O)c3ccc(N)c(S(=O)(=O)O)c3oc-2c1S(=O)(=O)O. The first-order valence-electron chi connectivity index (χ1n) is 12.4. The molecule has 47 heavy (non-hydrogen) atoms. The molecule has 0 spiro atoms. The molecule has 0 saturated heterocycles. The highest BCUT2D eigenvalue weighted by molar-refractivity contribution is 7.86. The van der Waals surface area contributed by atoms with E-state index in [1.807, 2.05) is 0 Å². The highest BCUT2D eigenvalue weighted by Crippen LogP contribution is 2.45. The second-order valence-corrected chi connectivity index (χ2v) is 13.4. The first-order chi connectivity index (χ1) is 21.7. The van der Waals surface area contributed by atoms with Crippen molar-refractivity contribution in [1.82, 2.24) is 10.7 Å². The number of nitrogens with two attached hydrogens (primary N) is 2. The first kappa shape index (κ1) is 35.1. The molecule has 1 unspecified atom stereocenters. The van der Waals surface area contributed by atoms with Gasteiger partial charge in [0.1, 0.15) is 6.04 Å². The topological polar surface area (TPSA) is 360 Å². The molecule has 1 heterocycles. The van der Waals surface area contributed by atoms with Crippen molar-refractivity contribution in [2.45, 2.75) is 15.8 Å². The van der Waals surface area contributed by atoms with Gasteiger partial charge >= 0.3 is 13.8 Å². The summed E-state index contributed by atoms with van der Waals surface area (Å²) in [6, 6.07) is 5.26. The summed E-state index contributed by atoms with van der Waals surface area (Å²) < 4.78 is 90.0. The van der Waals surface area contributed by atoms with Crippen molar-refractivity contribution in [3.8, 4) is 22.5 Å².